The summed E-state index contributed by atoms with van der Waals surface area (Å²) in [5, 5.41) is 3.78. The lowest BCUT2D eigenvalue weighted by atomic mass is 10.1. The normalized spacial score (nSPS) is 11.9. The Bertz CT molecular complexity index is 904. The molecule has 1 N–H and O–H groups in total. The Balaban J connectivity index is 1.58. The summed E-state index contributed by atoms with van der Waals surface area (Å²) >= 11 is 1.68. The van der Waals surface area contributed by atoms with E-state index < -0.39 is 18.0 Å². The first-order valence-electron chi connectivity index (χ1n) is 8.48. The summed E-state index contributed by atoms with van der Waals surface area (Å²) in [4.78, 5) is 28.1. The van der Waals surface area contributed by atoms with Crippen LogP contribution in [-0.4, -0.2) is 36.7 Å². The summed E-state index contributed by atoms with van der Waals surface area (Å²) in [7, 11) is 1.39. The number of fused-ring (bicyclic) bond motifs is 1. The van der Waals surface area contributed by atoms with Gasteiger partial charge in [0.25, 0.3) is 5.91 Å². The number of carbonyl (C=O) groups is 2. The van der Waals surface area contributed by atoms with Crippen molar-refractivity contribution in [3.05, 3.63) is 59.1 Å². The summed E-state index contributed by atoms with van der Waals surface area (Å²) in [5.74, 6) is -0.968. The summed E-state index contributed by atoms with van der Waals surface area (Å²) in [6, 6.07) is 15.6. The summed E-state index contributed by atoms with van der Waals surface area (Å²) < 4.78 is 10.8. The number of nitrogens with one attached hydrogen (secondary N) is 1. The van der Waals surface area contributed by atoms with Crippen LogP contribution in [0.4, 0.5) is 5.69 Å². The molecule has 3 aromatic rings. The molecule has 7 heteroatoms. The maximum atomic E-state index is 12.1. The van der Waals surface area contributed by atoms with Gasteiger partial charge in [0.15, 0.2) is 6.10 Å². The molecule has 0 saturated carbocycles. The smallest absolute Gasteiger partial charge is 0.332 e. The quantitative estimate of drug-likeness (QED) is 0.632. The first-order chi connectivity index (χ1) is 13.0. The van der Waals surface area contributed by atoms with Crippen LogP contribution in [0.2, 0.25) is 0 Å². The number of rotatable bonds is 7. The van der Waals surface area contributed by atoms with Crippen molar-refractivity contribution in [3.63, 3.8) is 0 Å². The summed E-state index contributed by atoms with van der Waals surface area (Å²) in [6.45, 7) is 1.34. The molecular weight excluding hydrogens is 364 g/mol. The molecule has 1 amide bonds. The van der Waals surface area contributed by atoms with Crippen LogP contribution in [0.1, 0.15) is 17.5 Å². The van der Waals surface area contributed by atoms with Crippen molar-refractivity contribution in [2.45, 2.75) is 19.4 Å². The van der Waals surface area contributed by atoms with Gasteiger partial charge in [0.05, 0.1) is 15.2 Å². The maximum absolute atomic E-state index is 12.1. The fraction of sp³-hybridized carbons (Fsp3) is 0.250. The first-order valence-corrected chi connectivity index (χ1v) is 9.29. The molecule has 0 bridgehead atoms. The van der Waals surface area contributed by atoms with E-state index in [1.807, 2.05) is 42.5 Å². The molecule has 1 atom stereocenters. The predicted molar refractivity (Wildman–Crippen MR) is 105 cm³/mol. The van der Waals surface area contributed by atoms with E-state index in [2.05, 4.69) is 21.1 Å². The number of aromatic nitrogens is 1. The van der Waals surface area contributed by atoms with Crippen molar-refractivity contribution < 1.29 is 19.1 Å². The number of ether oxygens (including phenoxy) is 2. The van der Waals surface area contributed by atoms with Gasteiger partial charge in [-0.2, -0.15) is 0 Å². The van der Waals surface area contributed by atoms with Gasteiger partial charge < -0.3 is 14.8 Å². The second kappa shape index (κ2) is 8.75. The van der Waals surface area contributed by atoms with Crippen molar-refractivity contribution in [1.29, 1.82) is 0 Å². The third kappa shape index (κ3) is 5.12. The number of anilines is 1. The van der Waals surface area contributed by atoms with E-state index in [9.17, 15) is 9.59 Å². The molecule has 0 aliphatic heterocycles. The molecule has 0 radical (unpaired) electrons. The number of carbonyl (C=O) groups excluding carboxylic acids is 2. The minimum absolute atomic E-state index is 0.182. The summed E-state index contributed by atoms with van der Waals surface area (Å²) in [5.41, 5.74) is 2.76. The molecule has 6 nitrogen and oxygen atoms in total. The van der Waals surface area contributed by atoms with Crippen molar-refractivity contribution >= 4 is 39.1 Å². The highest BCUT2D eigenvalue weighted by molar-refractivity contribution is 7.18. The van der Waals surface area contributed by atoms with Crippen LogP contribution in [0.5, 0.6) is 0 Å². The standard InChI is InChI=1S/C20H20N2O4S/c1-13(26-19(23)12-25-2)20(24)21-15-9-7-14(8-10-15)11-18-22-16-5-3-4-6-17(16)27-18/h3-10,13H,11-12H2,1-2H3,(H,21,24)/t13-/m0/s1. The van der Waals surface area contributed by atoms with E-state index in [0.29, 0.717) is 5.69 Å². The molecule has 0 fully saturated rings. The van der Waals surface area contributed by atoms with Gasteiger partial charge in [0.1, 0.15) is 6.61 Å². The number of para-hydroxylation sites is 1. The topological polar surface area (TPSA) is 77.5 Å². The molecule has 0 saturated heterocycles. The molecule has 2 aromatic carbocycles. The average molecular weight is 384 g/mol. The van der Waals surface area contributed by atoms with E-state index in [1.165, 1.54) is 18.7 Å². The Morgan fingerprint density at radius 3 is 2.59 bits per heavy atom. The Kier molecular flexibility index (Phi) is 6.16. The zero-order chi connectivity index (χ0) is 19.2. The minimum atomic E-state index is -0.893. The van der Waals surface area contributed by atoms with Crippen LogP contribution >= 0.6 is 11.3 Å². The lowest BCUT2D eigenvalue weighted by molar-refractivity contribution is -0.156. The maximum Gasteiger partial charge on any atom is 0.332 e. The van der Waals surface area contributed by atoms with E-state index in [4.69, 9.17) is 4.74 Å². The number of thiazole rings is 1. The molecule has 27 heavy (non-hydrogen) atoms. The Labute approximate surface area is 161 Å². The second-order valence-electron chi connectivity index (χ2n) is 6.00. The van der Waals surface area contributed by atoms with Gasteiger partial charge in [-0.05, 0) is 36.8 Å². The van der Waals surface area contributed by atoms with E-state index in [-0.39, 0.29) is 6.61 Å². The molecule has 3 rings (SSSR count). The van der Waals surface area contributed by atoms with Crippen molar-refractivity contribution in [2.75, 3.05) is 19.0 Å². The Morgan fingerprint density at radius 1 is 1.15 bits per heavy atom. The molecule has 0 unspecified atom stereocenters. The van der Waals surface area contributed by atoms with Crippen LogP contribution in [0.15, 0.2) is 48.5 Å². The highest BCUT2D eigenvalue weighted by Gasteiger charge is 2.17. The zero-order valence-electron chi connectivity index (χ0n) is 15.1. The largest absolute Gasteiger partial charge is 0.451 e. The van der Waals surface area contributed by atoms with Crippen molar-refractivity contribution in [1.82, 2.24) is 4.98 Å². The number of benzene rings is 2. The van der Waals surface area contributed by atoms with E-state index in [0.717, 1.165) is 22.5 Å². The molecule has 0 aliphatic carbocycles. The SMILES string of the molecule is COCC(=O)O[C@@H](C)C(=O)Nc1ccc(Cc2nc3ccccc3s2)cc1. The Morgan fingerprint density at radius 2 is 1.89 bits per heavy atom. The fourth-order valence-electron chi connectivity index (χ4n) is 2.52. The molecule has 0 aliphatic rings. The highest BCUT2D eigenvalue weighted by atomic mass is 32.1. The van der Waals surface area contributed by atoms with E-state index >= 15 is 0 Å². The summed E-state index contributed by atoms with van der Waals surface area (Å²) in [6.07, 6.45) is -0.159. The number of esters is 1. The molecule has 1 aromatic heterocycles. The van der Waals surface area contributed by atoms with Crippen LogP contribution in [0.3, 0.4) is 0 Å². The van der Waals surface area contributed by atoms with Crippen LogP contribution in [-0.2, 0) is 25.5 Å². The van der Waals surface area contributed by atoms with Gasteiger partial charge in [0.2, 0.25) is 0 Å². The second-order valence-corrected chi connectivity index (χ2v) is 7.12. The molecule has 0 spiro atoms. The highest BCUT2D eigenvalue weighted by Crippen LogP contribution is 2.24. The van der Waals surface area contributed by atoms with Gasteiger partial charge in [-0.25, -0.2) is 9.78 Å². The van der Waals surface area contributed by atoms with Gasteiger partial charge in [-0.3, -0.25) is 4.79 Å². The predicted octanol–water partition coefficient (Wildman–Crippen LogP) is 3.40. The number of hydrogen-bond donors (Lipinski definition) is 1. The number of methoxy groups -OCH3 is 1. The minimum Gasteiger partial charge on any atom is -0.451 e. The Hall–Kier alpha value is -2.77. The van der Waals surface area contributed by atoms with Gasteiger partial charge in [-0.1, -0.05) is 24.3 Å². The molecule has 1 heterocycles. The number of nitrogens with zero attached hydrogens (tertiary/aromatic N) is 1. The van der Waals surface area contributed by atoms with Crippen molar-refractivity contribution in [3.8, 4) is 0 Å². The lowest BCUT2D eigenvalue weighted by Gasteiger charge is -2.13. The number of hydrogen-bond acceptors (Lipinski definition) is 6. The monoisotopic (exact) mass is 384 g/mol. The zero-order valence-corrected chi connectivity index (χ0v) is 15.9. The van der Waals surface area contributed by atoms with Gasteiger partial charge in [0, 0.05) is 19.2 Å². The van der Waals surface area contributed by atoms with Gasteiger partial charge in [-0.15, -0.1) is 11.3 Å². The molecule has 140 valence electrons. The van der Waals surface area contributed by atoms with Crippen LogP contribution < -0.4 is 5.32 Å². The van der Waals surface area contributed by atoms with E-state index in [1.54, 1.807) is 11.3 Å². The lowest BCUT2D eigenvalue weighted by Crippen LogP contribution is -2.31. The molecular formula is C20H20N2O4S. The third-order valence-corrected chi connectivity index (χ3v) is 4.89. The van der Waals surface area contributed by atoms with Crippen molar-refractivity contribution in [2.24, 2.45) is 0 Å². The first kappa shape index (κ1) is 19.0. The fourth-order valence-corrected chi connectivity index (χ4v) is 3.52. The van der Waals surface area contributed by atoms with Crippen LogP contribution in [0.25, 0.3) is 10.2 Å². The number of amides is 1. The van der Waals surface area contributed by atoms with Crippen LogP contribution in [0, 0.1) is 0 Å². The average Bonchev–Trinajstić information content (AvgIpc) is 3.05. The van der Waals surface area contributed by atoms with Gasteiger partial charge >= 0.3 is 5.97 Å². The third-order valence-electron chi connectivity index (χ3n) is 3.85.